The van der Waals surface area contributed by atoms with E-state index in [1.54, 1.807) is 26.0 Å². The maximum absolute atomic E-state index is 12.9. The van der Waals surface area contributed by atoms with Gasteiger partial charge in [0.25, 0.3) is 0 Å². The van der Waals surface area contributed by atoms with E-state index >= 15 is 0 Å². The zero-order valence-corrected chi connectivity index (χ0v) is 8.79. The van der Waals surface area contributed by atoms with Crippen molar-refractivity contribution >= 4 is 6.09 Å². The topological polar surface area (TPSA) is 38.3 Å². The molecule has 0 fully saturated rings. The minimum atomic E-state index is -0.491. The molecule has 0 saturated heterocycles. The summed E-state index contributed by atoms with van der Waals surface area (Å²) in [5.41, 5.74) is 0.711. The van der Waals surface area contributed by atoms with Crippen LogP contribution in [-0.4, -0.2) is 12.7 Å². The molecule has 1 aromatic carbocycles. The number of rotatable bonds is 3. The molecule has 0 bridgehead atoms. The molecule has 3 nitrogen and oxygen atoms in total. The third kappa shape index (κ3) is 3.58. The molecule has 4 heteroatoms. The van der Waals surface area contributed by atoms with Crippen molar-refractivity contribution in [2.45, 2.75) is 19.9 Å². The normalized spacial score (nSPS) is 11.9. The molecule has 0 aliphatic rings. The van der Waals surface area contributed by atoms with Crippen LogP contribution in [0.5, 0.6) is 0 Å². The van der Waals surface area contributed by atoms with Crippen LogP contribution in [0.2, 0.25) is 0 Å². The summed E-state index contributed by atoms with van der Waals surface area (Å²) in [4.78, 5) is 11.1. The summed E-state index contributed by atoms with van der Waals surface area (Å²) in [6, 6.07) is 5.84. The molecule has 0 heterocycles. The van der Waals surface area contributed by atoms with Crippen LogP contribution in [0.15, 0.2) is 24.3 Å². The van der Waals surface area contributed by atoms with Crippen molar-refractivity contribution in [3.63, 3.8) is 0 Å². The van der Waals surface area contributed by atoms with Gasteiger partial charge < -0.3 is 10.1 Å². The van der Waals surface area contributed by atoms with Gasteiger partial charge in [-0.25, -0.2) is 9.18 Å². The number of amides is 1. The van der Waals surface area contributed by atoms with E-state index in [0.717, 1.165) is 0 Å². The van der Waals surface area contributed by atoms with Crippen molar-refractivity contribution in [3.05, 3.63) is 35.6 Å². The van der Waals surface area contributed by atoms with Gasteiger partial charge in [0, 0.05) is 0 Å². The van der Waals surface area contributed by atoms with E-state index in [9.17, 15) is 9.18 Å². The van der Waals surface area contributed by atoms with E-state index in [1.165, 1.54) is 12.1 Å². The second-order valence-electron chi connectivity index (χ2n) is 3.14. The standard InChI is InChI=1S/C11H14FNO2/c1-3-15-11(14)13-8(2)9-5-4-6-10(12)7-9/h4-8H,3H2,1-2H3,(H,13,14). The Morgan fingerprint density at radius 3 is 2.93 bits per heavy atom. The molecule has 1 rings (SSSR count). The first-order chi connectivity index (χ1) is 7.13. The van der Waals surface area contributed by atoms with E-state index < -0.39 is 6.09 Å². The Hall–Kier alpha value is -1.58. The fourth-order valence-corrected chi connectivity index (χ4v) is 1.21. The summed E-state index contributed by atoms with van der Waals surface area (Å²) >= 11 is 0. The summed E-state index contributed by atoms with van der Waals surface area (Å²) in [5, 5.41) is 2.60. The lowest BCUT2D eigenvalue weighted by Gasteiger charge is -2.13. The molecule has 1 unspecified atom stereocenters. The molecular weight excluding hydrogens is 197 g/mol. The maximum atomic E-state index is 12.9. The van der Waals surface area contributed by atoms with Crippen LogP contribution in [0.25, 0.3) is 0 Å². The highest BCUT2D eigenvalue weighted by molar-refractivity contribution is 5.67. The average Bonchev–Trinajstić information content (AvgIpc) is 2.18. The van der Waals surface area contributed by atoms with Crippen LogP contribution in [-0.2, 0) is 4.74 Å². The second kappa shape index (κ2) is 5.34. The first-order valence-corrected chi connectivity index (χ1v) is 4.82. The maximum Gasteiger partial charge on any atom is 0.407 e. The molecule has 15 heavy (non-hydrogen) atoms. The molecule has 1 N–H and O–H groups in total. The van der Waals surface area contributed by atoms with Crippen molar-refractivity contribution in [3.8, 4) is 0 Å². The Morgan fingerprint density at radius 1 is 1.60 bits per heavy atom. The summed E-state index contributed by atoms with van der Waals surface area (Å²) in [6.45, 7) is 3.82. The molecule has 0 aromatic heterocycles. The molecule has 1 aromatic rings. The van der Waals surface area contributed by atoms with Crippen molar-refractivity contribution in [1.82, 2.24) is 5.32 Å². The largest absolute Gasteiger partial charge is 0.450 e. The number of ether oxygens (including phenoxy) is 1. The molecule has 0 saturated carbocycles. The van der Waals surface area contributed by atoms with Crippen LogP contribution < -0.4 is 5.32 Å². The molecule has 0 aliphatic heterocycles. The van der Waals surface area contributed by atoms with Gasteiger partial charge in [0.2, 0.25) is 0 Å². The van der Waals surface area contributed by atoms with Crippen LogP contribution >= 0.6 is 0 Å². The first-order valence-electron chi connectivity index (χ1n) is 4.82. The number of halogens is 1. The summed E-state index contributed by atoms with van der Waals surface area (Å²) in [7, 11) is 0. The Bertz CT molecular complexity index is 341. The van der Waals surface area contributed by atoms with Gasteiger partial charge >= 0.3 is 6.09 Å². The SMILES string of the molecule is CCOC(=O)NC(C)c1cccc(F)c1. The second-order valence-corrected chi connectivity index (χ2v) is 3.14. The fraction of sp³-hybridized carbons (Fsp3) is 0.364. The zero-order valence-electron chi connectivity index (χ0n) is 8.79. The molecule has 82 valence electrons. The summed E-state index contributed by atoms with van der Waals surface area (Å²) < 4.78 is 17.6. The number of hydrogen-bond donors (Lipinski definition) is 1. The minimum absolute atomic E-state index is 0.264. The van der Waals surface area contributed by atoms with E-state index in [4.69, 9.17) is 4.74 Å². The monoisotopic (exact) mass is 211 g/mol. The molecule has 1 amide bonds. The highest BCUT2D eigenvalue weighted by Crippen LogP contribution is 2.13. The van der Waals surface area contributed by atoms with Crippen LogP contribution in [0, 0.1) is 5.82 Å². The van der Waals surface area contributed by atoms with Gasteiger partial charge in [0.15, 0.2) is 0 Å². The van der Waals surface area contributed by atoms with E-state index in [1.807, 2.05) is 0 Å². The van der Waals surface area contributed by atoms with Crippen molar-refractivity contribution in [2.75, 3.05) is 6.61 Å². The highest BCUT2D eigenvalue weighted by atomic mass is 19.1. The quantitative estimate of drug-likeness (QED) is 0.834. The van der Waals surface area contributed by atoms with Gasteiger partial charge in [-0.3, -0.25) is 0 Å². The summed E-state index contributed by atoms with van der Waals surface area (Å²) in [6.07, 6.45) is -0.491. The van der Waals surface area contributed by atoms with Crippen molar-refractivity contribution in [1.29, 1.82) is 0 Å². The van der Waals surface area contributed by atoms with E-state index in [2.05, 4.69) is 5.32 Å². The Kier molecular flexibility index (Phi) is 4.09. The third-order valence-corrected chi connectivity index (χ3v) is 1.96. The van der Waals surface area contributed by atoms with Crippen molar-refractivity contribution in [2.24, 2.45) is 0 Å². The Labute approximate surface area is 88.2 Å². The molecule has 0 spiro atoms. The van der Waals surface area contributed by atoms with Crippen LogP contribution in [0.1, 0.15) is 25.5 Å². The van der Waals surface area contributed by atoms with Gasteiger partial charge in [-0.15, -0.1) is 0 Å². The molecule has 1 atom stereocenters. The number of carbonyl (C=O) groups excluding carboxylic acids is 1. The zero-order chi connectivity index (χ0) is 11.3. The van der Waals surface area contributed by atoms with Crippen LogP contribution in [0.3, 0.4) is 0 Å². The Morgan fingerprint density at radius 2 is 2.33 bits per heavy atom. The molecule has 0 aliphatic carbocycles. The van der Waals surface area contributed by atoms with Crippen molar-refractivity contribution < 1.29 is 13.9 Å². The fourth-order valence-electron chi connectivity index (χ4n) is 1.21. The predicted octanol–water partition coefficient (Wildman–Crippen LogP) is 2.63. The van der Waals surface area contributed by atoms with Gasteiger partial charge in [-0.1, -0.05) is 12.1 Å². The number of alkyl carbamates (subject to hydrolysis) is 1. The number of benzene rings is 1. The lowest BCUT2D eigenvalue weighted by molar-refractivity contribution is 0.149. The molecule has 0 radical (unpaired) electrons. The van der Waals surface area contributed by atoms with Crippen LogP contribution in [0.4, 0.5) is 9.18 Å². The third-order valence-electron chi connectivity index (χ3n) is 1.96. The number of hydrogen-bond acceptors (Lipinski definition) is 2. The van der Waals surface area contributed by atoms with Gasteiger partial charge in [-0.2, -0.15) is 0 Å². The molecular formula is C11H14FNO2. The van der Waals surface area contributed by atoms with Gasteiger partial charge in [0.1, 0.15) is 5.82 Å². The Balaban J connectivity index is 2.60. The lowest BCUT2D eigenvalue weighted by Crippen LogP contribution is -2.27. The minimum Gasteiger partial charge on any atom is -0.450 e. The number of nitrogens with one attached hydrogen (secondary N) is 1. The summed E-state index contributed by atoms with van der Waals surface area (Å²) in [5.74, 6) is -0.315. The van der Waals surface area contributed by atoms with Gasteiger partial charge in [0.05, 0.1) is 12.6 Å². The van der Waals surface area contributed by atoms with Gasteiger partial charge in [-0.05, 0) is 31.5 Å². The predicted molar refractivity (Wildman–Crippen MR) is 55.0 cm³/mol. The first kappa shape index (κ1) is 11.5. The lowest BCUT2D eigenvalue weighted by atomic mass is 10.1. The number of carbonyl (C=O) groups is 1. The average molecular weight is 211 g/mol. The van der Waals surface area contributed by atoms with E-state index in [-0.39, 0.29) is 11.9 Å². The van der Waals surface area contributed by atoms with E-state index in [0.29, 0.717) is 12.2 Å². The highest BCUT2D eigenvalue weighted by Gasteiger charge is 2.09. The smallest absolute Gasteiger partial charge is 0.407 e.